The smallest absolute Gasteiger partial charge is 0.241 e. The van der Waals surface area contributed by atoms with E-state index < -0.39 is 10.0 Å². The van der Waals surface area contributed by atoms with E-state index >= 15 is 0 Å². The van der Waals surface area contributed by atoms with Gasteiger partial charge in [-0.2, -0.15) is 11.8 Å². The van der Waals surface area contributed by atoms with E-state index in [2.05, 4.69) is 4.72 Å². The SMILES string of the molecule is CSCCC(C)NS(=O)(=O)c1cc(CO)sc1C. The molecule has 1 unspecified atom stereocenters. The van der Waals surface area contributed by atoms with Crippen LogP contribution in [0.1, 0.15) is 23.1 Å². The third-order valence-electron chi connectivity index (χ3n) is 2.48. The molecule has 1 rings (SSSR count). The number of hydrogen-bond acceptors (Lipinski definition) is 5. The summed E-state index contributed by atoms with van der Waals surface area (Å²) >= 11 is 3.01. The van der Waals surface area contributed by atoms with Crippen LogP contribution in [0.3, 0.4) is 0 Å². The van der Waals surface area contributed by atoms with Gasteiger partial charge in [-0.25, -0.2) is 13.1 Å². The highest BCUT2D eigenvalue weighted by Crippen LogP contribution is 2.25. The van der Waals surface area contributed by atoms with E-state index in [9.17, 15) is 8.42 Å². The average Bonchev–Trinajstić information content (AvgIpc) is 2.68. The van der Waals surface area contributed by atoms with Gasteiger partial charge in [0.15, 0.2) is 0 Å². The maximum Gasteiger partial charge on any atom is 0.241 e. The molecule has 0 saturated heterocycles. The van der Waals surface area contributed by atoms with E-state index in [1.54, 1.807) is 24.8 Å². The normalized spacial score (nSPS) is 13.8. The predicted molar refractivity (Wildman–Crippen MR) is 77.8 cm³/mol. The van der Waals surface area contributed by atoms with Crippen molar-refractivity contribution in [2.24, 2.45) is 0 Å². The van der Waals surface area contributed by atoms with Gasteiger partial charge in [0, 0.05) is 15.8 Å². The van der Waals surface area contributed by atoms with Crippen molar-refractivity contribution in [1.29, 1.82) is 0 Å². The van der Waals surface area contributed by atoms with Gasteiger partial charge in [0.25, 0.3) is 0 Å². The van der Waals surface area contributed by atoms with Gasteiger partial charge in [-0.15, -0.1) is 11.3 Å². The lowest BCUT2D eigenvalue weighted by molar-refractivity contribution is 0.285. The fourth-order valence-electron chi connectivity index (χ4n) is 1.55. The molecular formula is C11H19NO3S3. The van der Waals surface area contributed by atoms with Gasteiger partial charge in [-0.05, 0) is 38.3 Å². The van der Waals surface area contributed by atoms with Crippen LogP contribution < -0.4 is 4.72 Å². The Morgan fingerprint density at radius 2 is 2.22 bits per heavy atom. The number of aryl methyl sites for hydroxylation is 1. The Bertz CT molecular complexity index is 482. The van der Waals surface area contributed by atoms with Crippen molar-refractivity contribution in [3.63, 3.8) is 0 Å². The van der Waals surface area contributed by atoms with E-state index in [0.29, 0.717) is 9.75 Å². The summed E-state index contributed by atoms with van der Waals surface area (Å²) in [4.78, 5) is 1.67. The highest BCUT2D eigenvalue weighted by Gasteiger charge is 2.21. The van der Waals surface area contributed by atoms with E-state index in [1.165, 1.54) is 11.3 Å². The molecule has 2 N–H and O–H groups in total. The van der Waals surface area contributed by atoms with Gasteiger partial charge in [0.1, 0.15) is 0 Å². The van der Waals surface area contributed by atoms with Crippen molar-refractivity contribution in [2.45, 2.75) is 37.8 Å². The van der Waals surface area contributed by atoms with Crippen LogP contribution in [0.15, 0.2) is 11.0 Å². The van der Waals surface area contributed by atoms with Gasteiger partial charge >= 0.3 is 0 Å². The van der Waals surface area contributed by atoms with Crippen molar-refractivity contribution in [2.75, 3.05) is 12.0 Å². The van der Waals surface area contributed by atoms with E-state index in [1.807, 2.05) is 13.2 Å². The van der Waals surface area contributed by atoms with Crippen LogP contribution >= 0.6 is 23.1 Å². The maximum atomic E-state index is 12.2. The lowest BCUT2D eigenvalue weighted by atomic mass is 10.3. The van der Waals surface area contributed by atoms with E-state index in [4.69, 9.17) is 5.11 Å². The van der Waals surface area contributed by atoms with Crippen LogP contribution in [0.5, 0.6) is 0 Å². The van der Waals surface area contributed by atoms with Crippen LogP contribution in [-0.4, -0.2) is 31.6 Å². The predicted octanol–water partition coefficient (Wildman–Crippen LogP) is 1.97. The van der Waals surface area contributed by atoms with Crippen LogP contribution in [0, 0.1) is 6.92 Å². The van der Waals surface area contributed by atoms with Crippen LogP contribution in [0.25, 0.3) is 0 Å². The zero-order valence-corrected chi connectivity index (χ0v) is 13.2. The Morgan fingerprint density at radius 1 is 1.56 bits per heavy atom. The number of nitrogens with one attached hydrogen (secondary N) is 1. The molecule has 0 bridgehead atoms. The van der Waals surface area contributed by atoms with Crippen molar-refractivity contribution < 1.29 is 13.5 Å². The molecule has 0 aliphatic rings. The summed E-state index contributed by atoms with van der Waals surface area (Å²) in [6.07, 6.45) is 2.80. The van der Waals surface area contributed by atoms with Crippen molar-refractivity contribution in [3.8, 4) is 0 Å². The minimum Gasteiger partial charge on any atom is -0.391 e. The zero-order valence-electron chi connectivity index (χ0n) is 10.8. The van der Waals surface area contributed by atoms with Gasteiger partial charge in [0.05, 0.1) is 11.5 Å². The third kappa shape index (κ3) is 4.24. The lowest BCUT2D eigenvalue weighted by Gasteiger charge is -2.13. The number of sulfonamides is 1. The molecule has 0 radical (unpaired) electrons. The summed E-state index contributed by atoms with van der Waals surface area (Å²) in [6.45, 7) is 3.50. The lowest BCUT2D eigenvalue weighted by Crippen LogP contribution is -2.33. The highest BCUT2D eigenvalue weighted by atomic mass is 32.2. The molecule has 4 nitrogen and oxygen atoms in total. The summed E-state index contributed by atoms with van der Waals surface area (Å²) in [5, 5.41) is 9.03. The van der Waals surface area contributed by atoms with Crippen molar-refractivity contribution >= 4 is 33.1 Å². The Balaban J connectivity index is 2.82. The molecule has 18 heavy (non-hydrogen) atoms. The summed E-state index contributed by atoms with van der Waals surface area (Å²) in [7, 11) is -3.47. The third-order valence-corrected chi connectivity index (χ3v) is 6.00. The Kier molecular flexibility index (Phi) is 6.13. The fourth-order valence-corrected chi connectivity index (χ4v) is 4.91. The Morgan fingerprint density at radius 3 is 2.72 bits per heavy atom. The summed E-state index contributed by atoms with van der Waals surface area (Å²) in [6, 6.07) is 1.46. The zero-order chi connectivity index (χ0) is 13.8. The molecule has 104 valence electrons. The summed E-state index contributed by atoms with van der Waals surface area (Å²) < 4.78 is 27.0. The largest absolute Gasteiger partial charge is 0.391 e. The molecule has 0 spiro atoms. The first-order valence-corrected chi connectivity index (χ1v) is 9.31. The number of thioether (sulfide) groups is 1. The first-order valence-electron chi connectivity index (χ1n) is 5.62. The van der Waals surface area contributed by atoms with Gasteiger partial charge in [-0.3, -0.25) is 0 Å². The first-order chi connectivity index (χ1) is 8.40. The van der Waals surface area contributed by atoms with Crippen LogP contribution in [-0.2, 0) is 16.6 Å². The second-order valence-corrected chi connectivity index (χ2v) is 8.10. The number of hydrogen-bond donors (Lipinski definition) is 2. The number of thiophene rings is 1. The van der Waals surface area contributed by atoms with Crippen LogP contribution in [0.2, 0.25) is 0 Å². The maximum absolute atomic E-state index is 12.2. The van der Waals surface area contributed by atoms with Crippen molar-refractivity contribution in [3.05, 3.63) is 15.8 Å². The topological polar surface area (TPSA) is 66.4 Å². The molecule has 1 aromatic rings. The molecule has 0 saturated carbocycles. The fraction of sp³-hybridized carbons (Fsp3) is 0.636. The molecule has 0 aromatic carbocycles. The summed E-state index contributed by atoms with van der Waals surface area (Å²) in [5.41, 5.74) is 0. The highest BCUT2D eigenvalue weighted by molar-refractivity contribution is 7.98. The molecule has 0 amide bonds. The molecule has 0 aliphatic carbocycles. The molecule has 0 aliphatic heterocycles. The minimum atomic E-state index is -3.47. The molecule has 1 heterocycles. The number of aliphatic hydroxyl groups excluding tert-OH is 1. The molecule has 0 fully saturated rings. The average molecular weight is 309 g/mol. The van der Waals surface area contributed by atoms with Crippen LogP contribution in [0.4, 0.5) is 0 Å². The molecule has 1 aromatic heterocycles. The second kappa shape index (κ2) is 6.91. The number of rotatable bonds is 7. The molecule has 7 heteroatoms. The monoisotopic (exact) mass is 309 g/mol. The number of aliphatic hydroxyl groups is 1. The Hall–Kier alpha value is -0.0800. The van der Waals surface area contributed by atoms with E-state index in [0.717, 1.165) is 12.2 Å². The Labute approximate surface area is 117 Å². The molecule has 1 atom stereocenters. The van der Waals surface area contributed by atoms with Gasteiger partial charge in [0.2, 0.25) is 10.0 Å². The van der Waals surface area contributed by atoms with Gasteiger partial charge in [-0.1, -0.05) is 0 Å². The summed E-state index contributed by atoms with van der Waals surface area (Å²) in [5.74, 6) is 0.925. The first kappa shape index (κ1) is 16.0. The van der Waals surface area contributed by atoms with Crippen molar-refractivity contribution in [1.82, 2.24) is 4.72 Å². The van der Waals surface area contributed by atoms with Gasteiger partial charge < -0.3 is 5.11 Å². The second-order valence-electron chi connectivity index (χ2n) is 4.10. The van der Waals surface area contributed by atoms with E-state index in [-0.39, 0.29) is 17.5 Å². The standard InChI is InChI=1S/C11H19NO3S3/c1-8(4-5-16-3)12-18(14,15)11-6-10(7-13)17-9(11)2/h6,8,12-13H,4-5,7H2,1-3H3. The molecular weight excluding hydrogens is 290 g/mol. The quantitative estimate of drug-likeness (QED) is 0.808. The minimum absolute atomic E-state index is 0.0840.